The molecule has 0 aliphatic carbocycles. The second-order valence-electron chi connectivity index (χ2n) is 5.81. The van der Waals surface area contributed by atoms with Crippen LogP contribution in [0.3, 0.4) is 0 Å². The first-order valence-corrected chi connectivity index (χ1v) is 6.60. The van der Waals surface area contributed by atoms with Gasteiger partial charge in [-0.1, -0.05) is 32.9 Å². The predicted octanol–water partition coefficient (Wildman–Crippen LogP) is 2.35. The molecule has 100 valence electrons. The van der Waals surface area contributed by atoms with Crippen LogP contribution in [0.15, 0.2) is 24.3 Å². The van der Waals surface area contributed by atoms with Gasteiger partial charge < -0.3 is 14.8 Å². The van der Waals surface area contributed by atoms with Gasteiger partial charge in [0.1, 0.15) is 12.4 Å². The Kier molecular flexibility index (Phi) is 4.25. The van der Waals surface area contributed by atoms with Gasteiger partial charge in [0, 0.05) is 6.54 Å². The average molecular weight is 249 g/mol. The summed E-state index contributed by atoms with van der Waals surface area (Å²) in [6.45, 7) is 9.74. The number of nitrogens with one attached hydrogen (secondary N) is 1. The summed E-state index contributed by atoms with van der Waals surface area (Å²) in [4.78, 5) is 0. The number of hydrogen-bond donors (Lipinski definition) is 1. The Balaban J connectivity index is 1.92. The molecule has 1 fully saturated rings. The summed E-state index contributed by atoms with van der Waals surface area (Å²) >= 11 is 0. The molecule has 1 atom stereocenters. The van der Waals surface area contributed by atoms with Crippen molar-refractivity contribution in [3.63, 3.8) is 0 Å². The average Bonchev–Trinajstić information content (AvgIpc) is 2.37. The van der Waals surface area contributed by atoms with Gasteiger partial charge in [-0.2, -0.15) is 0 Å². The van der Waals surface area contributed by atoms with Crippen LogP contribution in [0.1, 0.15) is 26.3 Å². The van der Waals surface area contributed by atoms with E-state index >= 15 is 0 Å². The quantitative estimate of drug-likeness (QED) is 0.892. The van der Waals surface area contributed by atoms with Crippen molar-refractivity contribution in [3.8, 4) is 5.75 Å². The number of rotatable bonds is 3. The van der Waals surface area contributed by atoms with Gasteiger partial charge in [-0.3, -0.25) is 0 Å². The molecule has 3 nitrogen and oxygen atoms in total. The summed E-state index contributed by atoms with van der Waals surface area (Å²) in [7, 11) is 0. The first-order valence-electron chi connectivity index (χ1n) is 6.60. The second kappa shape index (κ2) is 5.72. The van der Waals surface area contributed by atoms with Crippen LogP contribution >= 0.6 is 0 Å². The topological polar surface area (TPSA) is 30.5 Å². The maximum atomic E-state index is 5.84. The van der Waals surface area contributed by atoms with Crippen LogP contribution in [-0.4, -0.2) is 32.4 Å². The Bertz CT molecular complexity index is 378. The molecule has 2 rings (SSSR count). The molecule has 1 saturated heterocycles. The number of hydrogen-bond acceptors (Lipinski definition) is 3. The Morgan fingerprint density at radius 2 is 2.22 bits per heavy atom. The van der Waals surface area contributed by atoms with Gasteiger partial charge in [0.15, 0.2) is 0 Å². The highest BCUT2D eigenvalue weighted by Crippen LogP contribution is 2.25. The molecular weight excluding hydrogens is 226 g/mol. The van der Waals surface area contributed by atoms with Gasteiger partial charge in [-0.15, -0.1) is 0 Å². The second-order valence-corrected chi connectivity index (χ2v) is 5.81. The van der Waals surface area contributed by atoms with Gasteiger partial charge >= 0.3 is 0 Å². The molecule has 18 heavy (non-hydrogen) atoms. The van der Waals surface area contributed by atoms with E-state index in [1.807, 2.05) is 6.07 Å². The Morgan fingerprint density at radius 1 is 1.39 bits per heavy atom. The highest BCUT2D eigenvalue weighted by Gasteiger charge is 2.16. The van der Waals surface area contributed by atoms with Crippen molar-refractivity contribution in [2.75, 3.05) is 26.4 Å². The number of ether oxygens (including phenoxy) is 2. The van der Waals surface area contributed by atoms with E-state index in [4.69, 9.17) is 9.47 Å². The normalized spacial score (nSPS) is 20.7. The lowest BCUT2D eigenvalue weighted by Crippen LogP contribution is -2.44. The van der Waals surface area contributed by atoms with Gasteiger partial charge in [-0.25, -0.2) is 0 Å². The van der Waals surface area contributed by atoms with Crippen molar-refractivity contribution in [2.45, 2.75) is 32.2 Å². The van der Waals surface area contributed by atoms with E-state index < -0.39 is 0 Å². The first-order chi connectivity index (χ1) is 8.55. The van der Waals surface area contributed by atoms with Gasteiger partial charge in [-0.05, 0) is 23.1 Å². The summed E-state index contributed by atoms with van der Waals surface area (Å²) in [5.74, 6) is 0.940. The lowest BCUT2D eigenvalue weighted by molar-refractivity contribution is 0.0592. The summed E-state index contributed by atoms with van der Waals surface area (Å²) in [5.41, 5.74) is 1.46. The van der Waals surface area contributed by atoms with Gasteiger partial charge in [0.05, 0.1) is 19.3 Å². The van der Waals surface area contributed by atoms with Crippen molar-refractivity contribution >= 4 is 0 Å². The Hall–Kier alpha value is -1.06. The van der Waals surface area contributed by atoms with Crippen molar-refractivity contribution in [1.82, 2.24) is 5.32 Å². The van der Waals surface area contributed by atoms with Crippen molar-refractivity contribution in [1.29, 1.82) is 0 Å². The van der Waals surface area contributed by atoms with Crippen LogP contribution < -0.4 is 10.1 Å². The van der Waals surface area contributed by atoms with Gasteiger partial charge in [0.2, 0.25) is 0 Å². The Labute approximate surface area is 109 Å². The molecule has 1 aliphatic rings. The van der Waals surface area contributed by atoms with E-state index in [0.29, 0.717) is 12.6 Å². The van der Waals surface area contributed by atoms with Crippen LogP contribution in [0, 0.1) is 0 Å². The fourth-order valence-electron chi connectivity index (χ4n) is 1.98. The molecule has 1 aromatic carbocycles. The van der Waals surface area contributed by atoms with Crippen LogP contribution in [0.25, 0.3) is 0 Å². The lowest BCUT2D eigenvalue weighted by atomic mass is 9.87. The highest BCUT2D eigenvalue weighted by molar-refractivity contribution is 5.32. The van der Waals surface area contributed by atoms with Crippen LogP contribution in [-0.2, 0) is 10.2 Å². The van der Waals surface area contributed by atoms with E-state index in [9.17, 15) is 0 Å². The fourth-order valence-corrected chi connectivity index (χ4v) is 1.98. The van der Waals surface area contributed by atoms with Crippen molar-refractivity contribution in [3.05, 3.63) is 29.8 Å². The predicted molar refractivity (Wildman–Crippen MR) is 73.2 cm³/mol. The minimum Gasteiger partial charge on any atom is -0.492 e. The molecular formula is C15H23NO2. The SMILES string of the molecule is CC(C)(C)c1cccc(OCC2COCCN2)c1. The maximum absolute atomic E-state index is 5.84. The Morgan fingerprint density at radius 3 is 2.89 bits per heavy atom. The third-order valence-electron chi connectivity index (χ3n) is 3.15. The summed E-state index contributed by atoms with van der Waals surface area (Å²) in [6.07, 6.45) is 0. The molecule has 0 bridgehead atoms. The molecule has 0 aromatic heterocycles. The summed E-state index contributed by atoms with van der Waals surface area (Å²) in [5, 5.41) is 3.38. The zero-order chi connectivity index (χ0) is 13.0. The molecule has 0 saturated carbocycles. The van der Waals surface area contributed by atoms with E-state index in [1.165, 1.54) is 5.56 Å². The first kappa shape index (κ1) is 13.4. The van der Waals surface area contributed by atoms with Crippen molar-refractivity contribution in [2.24, 2.45) is 0 Å². The molecule has 0 spiro atoms. The molecule has 1 aromatic rings. The monoisotopic (exact) mass is 249 g/mol. The van der Waals surface area contributed by atoms with Crippen molar-refractivity contribution < 1.29 is 9.47 Å². The third kappa shape index (κ3) is 3.72. The zero-order valence-corrected chi connectivity index (χ0v) is 11.5. The van der Waals surface area contributed by atoms with Gasteiger partial charge in [0.25, 0.3) is 0 Å². The minimum absolute atomic E-state index is 0.158. The lowest BCUT2D eigenvalue weighted by Gasteiger charge is -2.24. The molecule has 0 radical (unpaired) electrons. The minimum atomic E-state index is 0.158. The molecule has 1 aliphatic heterocycles. The largest absolute Gasteiger partial charge is 0.492 e. The summed E-state index contributed by atoms with van der Waals surface area (Å²) < 4.78 is 11.2. The van der Waals surface area contributed by atoms with Crippen LogP contribution in [0.5, 0.6) is 5.75 Å². The molecule has 0 amide bonds. The number of benzene rings is 1. The maximum Gasteiger partial charge on any atom is 0.119 e. The zero-order valence-electron chi connectivity index (χ0n) is 11.5. The van der Waals surface area contributed by atoms with E-state index in [-0.39, 0.29) is 5.41 Å². The van der Waals surface area contributed by atoms with Crippen LogP contribution in [0.4, 0.5) is 0 Å². The molecule has 3 heteroatoms. The third-order valence-corrected chi connectivity index (χ3v) is 3.15. The standard InChI is InChI=1S/C15H23NO2/c1-15(2,3)12-5-4-6-14(9-12)18-11-13-10-17-8-7-16-13/h4-6,9,13,16H,7-8,10-11H2,1-3H3. The summed E-state index contributed by atoms with van der Waals surface area (Å²) in [6, 6.07) is 8.65. The van der Waals surface area contributed by atoms with Crippen LogP contribution in [0.2, 0.25) is 0 Å². The fraction of sp³-hybridized carbons (Fsp3) is 0.600. The van der Waals surface area contributed by atoms with E-state index in [2.05, 4.69) is 44.3 Å². The molecule has 1 N–H and O–H groups in total. The van der Waals surface area contributed by atoms with E-state index in [0.717, 1.165) is 25.5 Å². The number of morpholine rings is 1. The molecule has 1 unspecified atom stereocenters. The molecule has 1 heterocycles. The van der Waals surface area contributed by atoms with E-state index in [1.54, 1.807) is 0 Å². The highest BCUT2D eigenvalue weighted by atomic mass is 16.5. The smallest absolute Gasteiger partial charge is 0.119 e.